The van der Waals surface area contributed by atoms with E-state index in [9.17, 15) is 14.4 Å². The highest BCUT2D eigenvalue weighted by Gasteiger charge is 2.29. The Hall–Kier alpha value is -4.66. The molecule has 5 rings (SSSR count). The van der Waals surface area contributed by atoms with Crippen molar-refractivity contribution in [2.45, 2.75) is 13.0 Å². The van der Waals surface area contributed by atoms with Gasteiger partial charge in [0.2, 0.25) is 5.91 Å². The van der Waals surface area contributed by atoms with Gasteiger partial charge >= 0.3 is 5.91 Å². The van der Waals surface area contributed by atoms with E-state index in [0.29, 0.717) is 17.7 Å². The standard InChI is InChI=1S/C24H18N4O5/c29-21-12-16-8-4-5-9-19(16)28(21)14-17-10-11-32-22(17)24(31)26-25-23(30)18-13-20(33-27-18)15-6-2-1-3-7-15/h1-11,13H,12,14H2,(H,25,30)(H,26,31). The molecular weight excluding hydrogens is 424 g/mol. The molecule has 0 aliphatic carbocycles. The summed E-state index contributed by atoms with van der Waals surface area (Å²) in [5, 5.41) is 3.74. The van der Waals surface area contributed by atoms with Crippen molar-refractivity contribution in [1.29, 1.82) is 0 Å². The number of nitrogens with one attached hydrogen (secondary N) is 2. The molecule has 2 N–H and O–H groups in total. The molecule has 0 atom stereocenters. The van der Waals surface area contributed by atoms with Crippen molar-refractivity contribution in [2.24, 2.45) is 0 Å². The quantitative estimate of drug-likeness (QED) is 0.459. The number of anilines is 1. The van der Waals surface area contributed by atoms with Gasteiger partial charge in [0.15, 0.2) is 17.2 Å². The molecule has 0 fully saturated rings. The fourth-order valence-electron chi connectivity index (χ4n) is 3.67. The third-order valence-corrected chi connectivity index (χ3v) is 5.30. The molecular formula is C24H18N4O5. The molecule has 1 aliphatic rings. The van der Waals surface area contributed by atoms with E-state index in [4.69, 9.17) is 8.94 Å². The van der Waals surface area contributed by atoms with Crippen molar-refractivity contribution in [3.05, 3.63) is 95.6 Å². The highest BCUT2D eigenvalue weighted by Crippen LogP contribution is 2.30. The van der Waals surface area contributed by atoms with E-state index in [1.807, 2.05) is 54.6 Å². The summed E-state index contributed by atoms with van der Waals surface area (Å²) in [4.78, 5) is 39.0. The van der Waals surface area contributed by atoms with Gasteiger partial charge in [0.25, 0.3) is 5.91 Å². The predicted octanol–water partition coefficient (Wildman–Crippen LogP) is 3.10. The van der Waals surface area contributed by atoms with Gasteiger partial charge in [-0.05, 0) is 17.7 Å². The zero-order valence-corrected chi connectivity index (χ0v) is 17.3. The second kappa shape index (κ2) is 8.46. The summed E-state index contributed by atoms with van der Waals surface area (Å²) in [5.41, 5.74) is 7.64. The summed E-state index contributed by atoms with van der Waals surface area (Å²) >= 11 is 0. The van der Waals surface area contributed by atoms with Gasteiger partial charge in [0, 0.05) is 22.9 Å². The second-order valence-electron chi connectivity index (χ2n) is 7.41. The molecule has 4 aromatic rings. The van der Waals surface area contributed by atoms with Gasteiger partial charge in [0.1, 0.15) is 0 Å². The van der Waals surface area contributed by atoms with Crippen molar-refractivity contribution >= 4 is 23.4 Å². The normalized spacial score (nSPS) is 12.5. The maximum Gasteiger partial charge on any atom is 0.305 e. The van der Waals surface area contributed by atoms with E-state index >= 15 is 0 Å². The van der Waals surface area contributed by atoms with Crippen molar-refractivity contribution < 1.29 is 23.3 Å². The maximum absolute atomic E-state index is 12.6. The molecule has 2 aromatic heterocycles. The van der Waals surface area contributed by atoms with Crippen LogP contribution in [0.5, 0.6) is 0 Å². The fourth-order valence-corrected chi connectivity index (χ4v) is 3.67. The second-order valence-corrected chi connectivity index (χ2v) is 7.41. The summed E-state index contributed by atoms with van der Waals surface area (Å²) in [6.07, 6.45) is 1.68. The monoisotopic (exact) mass is 442 g/mol. The van der Waals surface area contributed by atoms with E-state index in [1.165, 1.54) is 12.3 Å². The number of hydrazine groups is 1. The lowest BCUT2D eigenvalue weighted by molar-refractivity contribution is -0.117. The van der Waals surface area contributed by atoms with Crippen LogP contribution < -0.4 is 15.8 Å². The van der Waals surface area contributed by atoms with Crippen molar-refractivity contribution in [3.63, 3.8) is 0 Å². The maximum atomic E-state index is 12.6. The zero-order chi connectivity index (χ0) is 22.8. The summed E-state index contributed by atoms with van der Waals surface area (Å²) in [7, 11) is 0. The molecule has 9 nitrogen and oxygen atoms in total. The number of nitrogens with zero attached hydrogens (tertiary/aromatic N) is 2. The van der Waals surface area contributed by atoms with Gasteiger partial charge in [-0.3, -0.25) is 25.2 Å². The third kappa shape index (κ3) is 3.99. The van der Waals surface area contributed by atoms with Crippen molar-refractivity contribution in [2.75, 3.05) is 4.90 Å². The number of amides is 3. The van der Waals surface area contributed by atoms with Crippen LogP contribution in [0, 0.1) is 0 Å². The third-order valence-electron chi connectivity index (χ3n) is 5.30. The number of aromatic nitrogens is 1. The van der Waals surface area contributed by atoms with Crippen molar-refractivity contribution in [1.82, 2.24) is 16.0 Å². The first-order chi connectivity index (χ1) is 16.1. The van der Waals surface area contributed by atoms with Crippen molar-refractivity contribution in [3.8, 4) is 11.3 Å². The summed E-state index contributed by atoms with van der Waals surface area (Å²) in [5.74, 6) is -0.938. The minimum atomic E-state index is -0.657. The van der Waals surface area contributed by atoms with Crippen LogP contribution >= 0.6 is 0 Å². The smallest absolute Gasteiger partial charge is 0.305 e. The van der Waals surface area contributed by atoms with Gasteiger partial charge in [-0.25, -0.2) is 0 Å². The zero-order valence-electron chi connectivity index (χ0n) is 17.3. The number of furan rings is 1. The van der Waals surface area contributed by atoms with Crippen LogP contribution in [0.2, 0.25) is 0 Å². The van der Waals surface area contributed by atoms with Crippen LogP contribution in [0.4, 0.5) is 5.69 Å². The summed E-state index contributed by atoms with van der Waals surface area (Å²) < 4.78 is 10.5. The Morgan fingerprint density at radius 3 is 2.58 bits per heavy atom. The van der Waals surface area contributed by atoms with E-state index in [1.54, 1.807) is 11.0 Å². The average molecular weight is 442 g/mol. The SMILES string of the molecule is O=C(NNC(=O)c1occc1CN1C(=O)Cc2ccccc21)c1cc(-c2ccccc2)on1. The number of carbonyl (C=O) groups is 3. The van der Waals surface area contributed by atoms with Crippen LogP contribution in [-0.4, -0.2) is 22.9 Å². The summed E-state index contributed by atoms with van der Waals surface area (Å²) in [6.45, 7) is 0.173. The Balaban J connectivity index is 1.24. The molecule has 0 radical (unpaired) electrons. The Bertz CT molecular complexity index is 1340. The number of fused-ring (bicyclic) bond motifs is 1. The number of hydrogen-bond donors (Lipinski definition) is 2. The van der Waals surface area contributed by atoms with Crippen LogP contribution in [-0.2, 0) is 17.8 Å². The number of rotatable bonds is 5. The Morgan fingerprint density at radius 2 is 1.73 bits per heavy atom. The molecule has 0 bridgehead atoms. The van der Waals surface area contributed by atoms with Gasteiger partial charge < -0.3 is 13.8 Å². The number of para-hydroxylation sites is 1. The number of hydrogen-bond acceptors (Lipinski definition) is 6. The number of carbonyl (C=O) groups excluding carboxylic acids is 3. The Morgan fingerprint density at radius 1 is 0.970 bits per heavy atom. The molecule has 1 aliphatic heterocycles. The predicted molar refractivity (Wildman–Crippen MR) is 117 cm³/mol. The van der Waals surface area contributed by atoms with Crippen LogP contribution in [0.25, 0.3) is 11.3 Å². The molecule has 164 valence electrons. The largest absolute Gasteiger partial charge is 0.459 e. The fraction of sp³-hybridized carbons (Fsp3) is 0.0833. The first-order valence-electron chi connectivity index (χ1n) is 10.2. The van der Waals surface area contributed by atoms with Gasteiger partial charge in [-0.2, -0.15) is 0 Å². The minimum absolute atomic E-state index is 0.00221. The van der Waals surface area contributed by atoms with E-state index in [0.717, 1.165) is 16.8 Å². The first kappa shape index (κ1) is 20.3. The molecule has 0 saturated carbocycles. The molecule has 0 saturated heterocycles. The van der Waals surface area contributed by atoms with Crippen LogP contribution in [0.15, 0.2) is 81.9 Å². The Kier molecular flexibility index (Phi) is 5.19. The molecule has 3 amide bonds. The lowest BCUT2D eigenvalue weighted by Gasteiger charge is -2.17. The summed E-state index contributed by atoms with van der Waals surface area (Å²) in [6, 6.07) is 19.8. The highest BCUT2D eigenvalue weighted by atomic mass is 16.5. The topological polar surface area (TPSA) is 118 Å². The van der Waals surface area contributed by atoms with Crippen LogP contribution in [0.3, 0.4) is 0 Å². The lowest BCUT2D eigenvalue weighted by atomic mass is 10.1. The minimum Gasteiger partial charge on any atom is -0.459 e. The van der Waals surface area contributed by atoms with Gasteiger partial charge in [-0.15, -0.1) is 0 Å². The molecule has 2 aromatic carbocycles. The van der Waals surface area contributed by atoms with Crippen LogP contribution in [0.1, 0.15) is 32.2 Å². The lowest BCUT2D eigenvalue weighted by Crippen LogP contribution is -2.42. The van der Waals surface area contributed by atoms with E-state index < -0.39 is 11.8 Å². The average Bonchev–Trinajstić information content (AvgIpc) is 3.58. The highest BCUT2D eigenvalue weighted by molar-refractivity contribution is 6.02. The molecule has 33 heavy (non-hydrogen) atoms. The van der Waals surface area contributed by atoms with Gasteiger partial charge in [-0.1, -0.05) is 53.7 Å². The molecule has 0 unspecified atom stereocenters. The van der Waals surface area contributed by atoms with E-state index in [-0.39, 0.29) is 23.9 Å². The van der Waals surface area contributed by atoms with Gasteiger partial charge in [0.05, 0.1) is 19.2 Å². The Labute approximate surface area is 187 Å². The molecule has 3 heterocycles. The van der Waals surface area contributed by atoms with E-state index in [2.05, 4.69) is 16.0 Å². The number of benzene rings is 2. The molecule has 9 heteroatoms. The molecule has 0 spiro atoms. The first-order valence-corrected chi connectivity index (χ1v) is 10.2.